The van der Waals surface area contributed by atoms with Crippen molar-refractivity contribution in [3.05, 3.63) is 12.2 Å². The molecule has 8 nitrogen and oxygen atoms in total. The molecule has 0 saturated carbocycles. The van der Waals surface area contributed by atoms with Crippen LogP contribution in [0.2, 0.25) is 0 Å². The molecule has 0 aliphatic rings. The lowest BCUT2D eigenvalue weighted by molar-refractivity contribution is -0.134. The van der Waals surface area contributed by atoms with Crippen molar-refractivity contribution in [1.82, 2.24) is 19.5 Å². The molecule has 0 aromatic carbocycles. The first-order chi connectivity index (χ1) is 7.41. The number of carboxylic acids is 1. The van der Waals surface area contributed by atoms with Crippen molar-refractivity contribution >= 4 is 16.0 Å². The maximum atomic E-state index is 11.1. The standard InChI is InChI=1S/C7H12N4O4S/c1-11-5-8-10-6(11)2-3-9-16(14,15)4-7(12)13/h5,9H,2-4H2,1H3,(H,12,13). The molecule has 90 valence electrons. The van der Waals surface area contributed by atoms with Gasteiger partial charge in [-0.2, -0.15) is 0 Å². The average Bonchev–Trinajstić information content (AvgIpc) is 2.49. The number of aryl methyl sites for hydroxylation is 1. The molecule has 1 heterocycles. The Morgan fingerprint density at radius 1 is 1.62 bits per heavy atom. The Labute approximate surface area is 92.3 Å². The third-order valence-corrected chi connectivity index (χ3v) is 3.06. The van der Waals surface area contributed by atoms with Gasteiger partial charge in [0.2, 0.25) is 10.0 Å². The van der Waals surface area contributed by atoms with Crippen LogP contribution in [0.4, 0.5) is 0 Å². The SMILES string of the molecule is Cn1cnnc1CCNS(=O)(=O)CC(=O)O. The summed E-state index contributed by atoms with van der Waals surface area (Å²) in [4.78, 5) is 10.2. The molecular formula is C7H12N4O4S. The van der Waals surface area contributed by atoms with E-state index in [1.54, 1.807) is 11.6 Å². The monoisotopic (exact) mass is 248 g/mol. The summed E-state index contributed by atoms with van der Waals surface area (Å²) in [5.41, 5.74) is 0. The summed E-state index contributed by atoms with van der Waals surface area (Å²) in [5, 5.41) is 15.7. The van der Waals surface area contributed by atoms with Gasteiger partial charge in [0.25, 0.3) is 0 Å². The number of nitrogens with one attached hydrogen (secondary N) is 1. The third-order valence-electron chi connectivity index (χ3n) is 1.79. The molecule has 0 saturated heterocycles. The number of aromatic nitrogens is 3. The van der Waals surface area contributed by atoms with Crippen molar-refractivity contribution in [2.24, 2.45) is 7.05 Å². The van der Waals surface area contributed by atoms with E-state index < -0.39 is 21.7 Å². The zero-order valence-electron chi connectivity index (χ0n) is 8.62. The van der Waals surface area contributed by atoms with Crippen molar-refractivity contribution < 1.29 is 18.3 Å². The molecule has 0 aliphatic carbocycles. The van der Waals surface area contributed by atoms with Gasteiger partial charge in [-0.3, -0.25) is 4.79 Å². The number of sulfonamides is 1. The van der Waals surface area contributed by atoms with Crippen LogP contribution in [0.5, 0.6) is 0 Å². The van der Waals surface area contributed by atoms with Crippen LogP contribution in [-0.4, -0.2) is 46.6 Å². The van der Waals surface area contributed by atoms with Gasteiger partial charge >= 0.3 is 5.97 Å². The fourth-order valence-corrected chi connectivity index (χ4v) is 1.91. The van der Waals surface area contributed by atoms with Crippen LogP contribution in [0.3, 0.4) is 0 Å². The summed E-state index contributed by atoms with van der Waals surface area (Å²) in [6, 6.07) is 0. The van der Waals surface area contributed by atoms with Gasteiger partial charge in [0.05, 0.1) is 0 Å². The Morgan fingerprint density at radius 3 is 2.81 bits per heavy atom. The van der Waals surface area contributed by atoms with Gasteiger partial charge in [0, 0.05) is 20.0 Å². The Kier molecular flexibility index (Phi) is 3.96. The van der Waals surface area contributed by atoms with E-state index in [1.807, 2.05) is 0 Å². The van der Waals surface area contributed by atoms with E-state index in [2.05, 4.69) is 14.9 Å². The Bertz CT molecular complexity index is 466. The molecule has 2 N–H and O–H groups in total. The zero-order valence-corrected chi connectivity index (χ0v) is 9.44. The van der Waals surface area contributed by atoms with E-state index in [-0.39, 0.29) is 6.54 Å². The minimum atomic E-state index is -3.75. The van der Waals surface area contributed by atoms with Crippen LogP contribution in [0.25, 0.3) is 0 Å². The quantitative estimate of drug-likeness (QED) is 0.624. The van der Waals surface area contributed by atoms with E-state index in [0.29, 0.717) is 12.2 Å². The second kappa shape index (κ2) is 5.03. The molecule has 0 unspecified atom stereocenters. The summed E-state index contributed by atoms with van der Waals surface area (Å²) in [7, 11) is -2.02. The van der Waals surface area contributed by atoms with Crippen molar-refractivity contribution in [2.75, 3.05) is 12.3 Å². The number of hydrogen-bond donors (Lipinski definition) is 2. The molecular weight excluding hydrogens is 236 g/mol. The van der Waals surface area contributed by atoms with E-state index >= 15 is 0 Å². The summed E-state index contributed by atoms with van der Waals surface area (Å²) < 4.78 is 26.1. The lowest BCUT2D eigenvalue weighted by atomic mass is 10.4. The van der Waals surface area contributed by atoms with Crippen LogP contribution in [-0.2, 0) is 28.3 Å². The molecule has 0 spiro atoms. The van der Waals surface area contributed by atoms with Crippen molar-refractivity contribution in [1.29, 1.82) is 0 Å². The van der Waals surface area contributed by atoms with Gasteiger partial charge in [-0.05, 0) is 0 Å². The van der Waals surface area contributed by atoms with Gasteiger partial charge in [-0.15, -0.1) is 10.2 Å². The molecule has 1 aromatic rings. The second-order valence-electron chi connectivity index (χ2n) is 3.16. The smallest absolute Gasteiger partial charge is 0.320 e. The van der Waals surface area contributed by atoms with Crippen LogP contribution < -0.4 is 4.72 Å². The lowest BCUT2D eigenvalue weighted by Gasteiger charge is -2.03. The Morgan fingerprint density at radius 2 is 2.31 bits per heavy atom. The topological polar surface area (TPSA) is 114 Å². The largest absolute Gasteiger partial charge is 0.480 e. The maximum absolute atomic E-state index is 11.1. The van der Waals surface area contributed by atoms with E-state index in [0.717, 1.165) is 0 Å². The normalized spacial score (nSPS) is 11.6. The van der Waals surface area contributed by atoms with E-state index in [4.69, 9.17) is 5.11 Å². The van der Waals surface area contributed by atoms with E-state index in [9.17, 15) is 13.2 Å². The summed E-state index contributed by atoms with van der Waals surface area (Å²) in [6.07, 6.45) is 1.86. The Balaban J connectivity index is 2.42. The highest BCUT2D eigenvalue weighted by Crippen LogP contribution is 1.92. The van der Waals surface area contributed by atoms with Gasteiger partial charge in [0.1, 0.15) is 12.2 Å². The first-order valence-corrected chi connectivity index (χ1v) is 6.08. The highest BCUT2D eigenvalue weighted by molar-refractivity contribution is 7.90. The zero-order chi connectivity index (χ0) is 12.2. The number of carboxylic acid groups (broad SMARTS) is 1. The first kappa shape index (κ1) is 12.6. The number of carbonyl (C=O) groups is 1. The highest BCUT2D eigenvalue weighted by Gasteiger charge is 2.14. The number of aliphatic carboxylic acids is 1. The van der Waals surface area contributed by atoms with Gasteiger partial charge in [0.15, 0.2) is 5.75 Å². The molecule has 16 heavy (non-hydrogen) atoms. The van der Waals surface area contributed by atoms with Crippen LogP contribution in [0.15, 0.2) is 6.33 Å². The maximum Gasteiger partial charge on any atom is 0.320 e. The fourth-order valence-electron chi connectivity index (χ4n) is 1.07. The van der Waals surface area contributed by atoms with Gasteiger partial charge < -0.3 is 9.67 Å². The van der Waals surface area contributed by atoms with Crippen LogP contribution >= 0.6 is 0 Å². The second-order valence-corrected chi connectivity index (χ2v) is 4.96. The predicted octanol–water partition coefficient (Wildman–Crippen LogP) is -1.64. The van der Waals surface area contributed by atoms with E-state index in [1.165, 1.54) is 6.33 Å². The molecule has 0 bridgehead atoms. The van der Waals surface area contributed by atoms with Crippen LogP contribution in [0.1, 0.15) is 5.82 Å². The van der Waals surface area contributed by atoms with Gasteiger partial charge in [-0.1, -0.05) is 0 Å². The molecule has 0 aliphatic heterocycles. The molecule has 0 radical (unpaired) electrons. The van der Waals surface area contributed by atoms with Crippen LogP contribution in [0, 0.1) is 0 Å². The fraction of sp³-hybridized carbons (Fsp3) is 0.571. The summed E-state index contributed by atoms with van der Waals surface area (Å²) in [5.74, 6) is -1.68. The average molecular weight is 248 g/mol. The first-order valence-electron chi connectivity index (χ1n) is 4.43. The molecule has 1 rings (SSSR count). The summed E-state index contributed by atoms with van der Waals surface area (Å²) in [6.45, 7) is 0.0994. The van der Waals surface area contributed by atoms with Crippen molar-refractivity contribution in [2.45, 2.75) is 6.42 Å². The predicted molar refractivity (Wildman–Crippen MR) is 54.1 cm³/mol. The van der Waals surface area contributed by atoms with Crippen molar-refractivity contribution in [3.63, 3.8) is 0 Å². The minimum Gasteiger partial charge on any atom is -0.480 e. The Hall–Kier alpha value is -1.48. The summed E-state index contributed by atoms with van der Waals surface area (Å²) >= 11 is 0. The molecule has 0 amide bonds. The molecule has 9 heteroatoms. The number of hydrogen-bond acceptors (Lipinski definition) is 5. The number of rotatable bonds is 6. The number of nitrogens with zero attached hydrogens (tertiary/aromatic N) is 3. The molecule has 0 fully saturated rings. The lowest BCUT2D eigenvalue weighted by Crippen LogP contribution is -2.31. The van der Waals surface area contributed by atoms with Crippen molar-refractivity contribution in [3.8, 4) is 0 Å². The van der Waals surface area contributed by atoms with Gasteiger partial charge in [-0.25, -0.2) is 13.1 Å². The minimum absolute atomic E-state index is 0.0994. The highest BCUT2D eigenvalue weighted by atomic mass is 32.2. The third kappa shape index (κ3) is 3.95. The molecule has 0 atom stereocenters. The molecule has 1 aromatic heterocycles.